The Morgan fingerprint density at radius 1 is 0.762 bits per heavy atom. The quantitative estimate of drug-likeness (QED) is 0.735. The van der Waals surface area contributed by atoms with Crippen molar-refractivity contribution in [1.29, 1.82) is 0 Å². The number of hydrogen-bond donors (Lipinski definition) is 0. The third-order valence-corrected chi connectivity index (χ3v) is 2.42. The maximum Gasteiger partial charge on any atom is 0.433 e. The van der Waals surface area contributed by atoms with Crippen LogP contribution in [-0.4, -0.2) is 4.98 Å². The molecule has 0 aliphatic heterocycles. The second-order valence-electron chi connectivity index (χ2n) is 3.98. The Balaban J connectivity index is 2.19. The van der Waals surface area contributed by atoms with Gasteiger partial charge in [-0.15, -0.1) is 0 Å². The van der Waals surface area contributed by atoms with Gasteiger partial charge in [0, 0.05) is 6.07 Å². The summed E-state index contributed by atoms with van der Waals surface area (Å²) in [6.45, 7) is 0. The molecule has 2 rings (SSSR count). The Morgan fingerprint density at radius 2 is 1.38 bits per heavy atom. The number of halogens is 6. The van der Waals surface area contributed by atoms with E-state index in [9.17, 15) is 26.3 Å². The Bertz CT molecular complexity index is 618. The number of rotatable bonds is 2. The molecule has 0 spiro atoms. The zero-order valence-corrected chi connectivity index (χ0v) is 10.2. The first-order valence-corrected chi connectivity index (χ1v) is 5.55. The maximum absolute atomic E-state index is 12.4. The standard InChI is InChI=1S/C13H7F6NO/c14-12(15,16)8-4-6-9(7-5-8)21-11-3-1-2-10(20-11)13(17,18)19/h1-7H. The van der Waals surface area contributed by atoms with E-state index < -0.39 is 23.6 Å². The summed E-state index contributed by atoms with van der Waals surface area (Å²) in [6, 6.07) is 6.57. The number of alkyl halides is 6. The normalized spacial score (nSPS) is 12.3. The molecule has 0 saturated heterocycles. The monoisotopic (exact) mass is 307 g/mol. The van der Waals surface area contributed by atoms with Crippen LogP contribution < -0.4 is 4.74 Å². The van der Waals surface area contributed by atoms with Crippen molar-refractivity contribution in [3.8, 4) is 11.6 Å². The van der Waals surface area contributed by atoms with Gasteiger partial charge in [-0.05, 0) is 30.3 Å². The molecule has 0 fully saturated rings. The fraction of sp³-hybridized carbons (Fsp3) is 0.154. The minimum Gasteiger partial charge on any atom is -0.439 e. The molecule has 21 heavy (non-hydrogen) atoms. The Hall–Kier alpha value is -2.25. The molecule has 8 heteroatoms. The molecule has 0 amide bonds. The van der Waals surface area contributed by atoms with Crippen LogP contribution in [0.5, 0.6) is 11.6 Å². The van der Waals surface area contributed by atoms with E-state index in [2.05, 4.69) is 4.98 Å². The number of pyridine rings is 1. The predicted molar refractivity (Wildman–Crippen MR) is 60.8 cm³/mol. The van der Waals surface area contributed by atoms with E-state index in [4.69, 9.17) is 4.74 Å². The molecule has 1 aromatic heterocycles. The molecule has 112 valence electrons. The van der Waals surface area contributed by atoms with E-state index in [-0.39, 0.29) is 11.6 Å². The summed E-state index contributed by atoms with van der Waals surface area (Å²) >= 11 is 0. The minimum atomic E-state index is -4.63. The van der Waals surface area contributed by atoms with Crippen molar-refractivity contribution >= 4 is 0 Å². The van der Waals surface area contributed by atoms with Crippen molar-refractivity contribution in [3.05, 3.63) is 53.7 Å². The molecule has 0 unspecified atom stereocenters. The Kier molecular flexibility index (Phi) is 3.80. The SMILES string of the molecule is FC(F)(F)c1ccc(Oc2cccc(C(F)(F)F)n2)cc1. The van der Waals surface area contributed by atoms with E-state index in [1.54, 1.807) is 0 Å². The fourth-order valence-corrected chi connectivity index (χ4v) is 1.46. The highest BCUT2D eigenvalue weighted by molar-refractivity contribution is 5.32. The number of benzene rings is 1. The summed E-state index contributed by atoms with van der Waals surface area (Å²) in [7, 11) is 0. The van der Waals surface area contributed by atoms with Gasteiger partial charge in [0.05, 0.1) is 5.56 Å². The molecule has 0 bridgehead atoms. The van der Waals surface area contributed by atoms with E-state index >= 15 is 0 Å². The lowest BCUT2D eigenvalue weighted by Crippen LogP contribution is -2.08. The van der Waals surface area contributed by atoms with Crippen molar-refractivity contribution < 1.29 is 31.1 Å². The van der Waals surface area contributed by atoms with Gasteiger partial charge in [-0.3, -0.25) is 0 Å². The third kappa shape index (κ3) is 3.87. The number of nitrogens with zero attached hydrogens (tertiary/aromatic N) is 1. The molecule has 2 aromatic rings. The summed E-state index contributed by atoms with van der Waals surface area (Å²) in [5, 5.41) is 0. The van der Waals surface area contributed by atoms with Gasteiger partial charge in [-0.25, -0.2) is 4.98 Å². The van der Waals surface area contributed by atoms with Crippen LogP contribution in [0.4, 0.5) is 26.3 Å². The summed E-state index contributed by atoms with van der Waals surface area (Å²) in [6.07, 6.45) is -9.12. The van der Waals surface area contributed by atoms with Gasteiger partial charge in [0.1, 0.15) is 11.4 Å². The number of aromatic nitrogens is 1. The first kappa shape index (κ1) is 15.1. The second-order valence-corrected chi connectivity index (χ2v) is 3.98. The molecule has 1 aromatic carbocycles. The van der Waals surface area contributed by atoms with Crippen LogP contribution in [0.3, 0.4) is 0 Å². The first-order chi connectivity index (χ1) is 9.66. The van der Waals surface area contributed by atoms with Crippen molar-refractivity contribution in [1.82, 2.24) is 4.98 Å². The smallest absolute Gasteiger partial charge is 0.433 e. The topological polar surface area (TPSA) is 22.1 Å². The van der Waals surface area contributed by atoms with Gasteiger partial charge in [0.2, 0.25) is 5.88 Å². The van der Waals surface area contributed by atoms with Crippen LogP contribution in [0.15, 0.2) is 42.5 Å². The van der Waals surface area contributed by atoms with Crippen molar-refractivity contribution in [2.45, 2.75) is 12.4 Å². The number of ether oxygens (including phenoxy) is 1. The average molecular weight is 307 g/mol. The molecule has 0 aliphatic carbocycles. The lowest BCUT2D eigenvalue weighted by molar-refractivity contribution is -0.141. The Labute approximate surface area is 115 Å². The van der Waals surface area contributed by atoms with Gasteiger partial charge in [0.25, 0.3) is 0 Å². The summed E-state index contributed by atoms with van der Waals surface area (Å²) < 4.78 is 79.4. The molecular weight excluding hydrogens is 300 g/mol. The summed E-state index contributed by atoms with van der Waals surface area (Å²) in [5.41, 5.74) is -2.03. The van der Waals surface area contributed by atoms with Gasteiger partial charge >= 0.3 is 12.4 Å². The molecule has 0 aliphatic rings. The highest BCUT2D eigenvalue weighted by Gasteiger charge is 2.33. The largest absolute Gasteiger partial charge is 0.439 e. The van der Waals surface area contributed by atoms with Crippen LogP contribution in [0, 0.1) is 0 Å². The minimum absolute atomic E-state index is 0.0465. The lowest BCUT2D eigenvalue weighted by atomic mass is 10.2. The van der Waals surface area contributed by atoms with Crippen molar-refractivity contribution in [2.75, 3.05) is 0 Å². The molecule has 0 radical (unpaired) electrons. The Morgan fingerprint density at radius 3 is 1.90 bits per heavy atom. The van der Waals surface area contributed by atoms with Gasteiger partial charge < -0.3 is 4.74 Å². The van der Waals surface area contributed by atoms with Crippen molar-refractivity contribution in [2.24, 2.45) is 0 Å². The second kappa shape index (κ2) is 5.27. The molecule has 0 saturated carbocycles. The van der Waals surface area contributed by atoms with Crippen LogP contribution in [-0.2, 0) is 12.4 Å². The zero-order valence-electron chi connectivity index (χ0n) is 10.2. The summed E-state index contributed by atoms with van der Waals surface area (Å²) in [4.78, 5) is 3.24. The third-order valence-electron chi connectivity index (χ3n) is 2.42. The number of hydrogen-bond acceptors (Lipinski definition) is 2. The first-order valence-electron chi connectivity index (χ1n) is 5.55. The van der Waals surface area contributed by atoms with Crippen LogP contribution in [0.2, 0.25) is 0 Å². The molecule has 2 nitrogen and oxygen atoms in total. The van der Waals surface area contributed by atoms with E-state index in [1.165, 1.54) is 6.07 Å². The van der Waals surface area contributed by atoms with E-state index in [0.717, 1.165) is 36.4 Å². The van der Waals surface area contributed by atoms with Crippen LogP contribution in [0.25, 0.3) is 0 Å². The predicted octanol–water partition coefficient (Wildman–Crippen LogP) is 4.91. The lowest BCUT2D eigenvalue weighted by Gasteiger charge is -2.10. The fourth-order valence-electron chi connectivity index (χ4n) is 1.46. The van der Waals surface area contributed by atoms with E-state index in [1.807, 2.05) is 0 Å². The van der Waals surface area contributed by atoms with Gasteiger partial charge in [-0.1, -0.05) is 6.07 Å². The average Bonchev–Trinajstić information content (AvgIpc) is 2.37. The molecular formula is C13H7F6NO. The zero-order chi connectivity index (χ0) is 15.7. The van der Waals surface area contributed by atoms with Gasteiger partial charge in [-0.2, -0.15) is 26.3 Å². The molecule has 0 atom stereocenters. The highest BCUT2D eigenvalue weighted by Crippen LogP contribution is 2.32. The van der Waals surface area contributed by atoms with Crippen molar-refractivity contribution in [3.63, 3.8) is 0 Å². The molecule has 0 N–H and O–H groups in total. The van der Waals surface area contributed by atoms with E-state index in [0.29, 0.717) is 0 Å². The van der Waals surface area contributed by atoms with Crippen LogP contribution in [0.1, 0.15) is 11.3 Å². The summed E-state index contributed by atoms with van der Waals surface area (Å²) in [5.74, 6) is -0.403. The molecule has 1 heterocycles. The van der Waals surface area contributed by atoms with Gasteiger partial charge in [0.15, 0.2) is 0 Å². The van der Waals surface area contributed by atoms with Crippen LogP contribution >= 0.6 is 0 Å². The highest BCUT2D eigenvalue weighted by atomic mass is 19.4. The maximum atomic E-state index is 12.4.